The monoisotopic (exact) mass is 260 g/mol. The highest BCUT2D eigenvalue weighted by molar-refractivity contribution is 7.16. The van der Waals surface area contributed by atoms with Gasteiger partial charge in [0, 0.05) is 18.0 Å². The van der Waals surface area contributed by atoms with E-state index in [9.17, 15) is 4.79 Å². The van der Waals surface area contributed by atoms with Gasteiger partial charge in [0.2, 0.25) is 5.91 Å². The zero-order valence-electron chi connectivity index (χ0n) is 9.74. The van der Waals surface area contributed by atoms with Crippen molar-refractivity contribution in [2.45, 2.75) is 26.4 Å². The summed E-state index contributed by atoms with van der Waals surface area (Å²) < 4.78 is 0.746. The second-order valence-corrected chi connectivity index (χ2v) is 5.85. The maximum absolute atomic E-state index is 11.9. The van der Waals surface area contributed by atoms with Crippen LogP contribution >= 0.6 is 22.9 Å². The van der Waals surface area contributed by atoms with E-state index in [1.54, 1.807) is 11.9 Å². The van der Waals surface area contributed by atoms with E-state index in [2.05, 4.69) is 0 Å². The maximum Gasteiger partial charge on any atom is 0.227 e. The van der Waals surface area contributed by atoms with E-state index in [0.29, 0.717) is 6.54 Å². The third-order valence-electron chi connectivity index (χ3n) is 2.58. The molecule has 1 heterocycles. The molecular weight excluding hydrogens is 244 g/mol. The van der Waals surface area contributed by atoms with E-state index in [4.69, 9.17) is 17.3 Å². The average Bonchev–Trinajstić information content (AvgIpc) is 2.61. The third kappa shape index (κ3) is 3.47. The molecule has 0 aliphatic carbocycles. The number of hydrogen-bond donors (Lipinski definition) is 1. The predicted molar refractivity (Wildman–Crippen MR) is 68.6 cm³/mol. The van der Waals surface area contributed by atoms with Gasteiger partial charge < -0.3 is 10.6 Å². The van der Waals surface area contributed by atoms with Gasteiger partial charge in [0.15, 0.2) is 0 Å². The molecule has 0 fully saturated rings. The lowest BCUT2D eigenvalue weighted by molar-refractivity contribution is -0.134. The van der Waals surface area contributed by atoms with Gasteiger partial charge in [-0.1, -0.05) is 18.5 Å². The van der Waals surface area contributed by atoms with Crippen LogP contribution in [0.4, 0.5) is 0 Å². The lowest BCUT2D eigenvalue weighted by Crippen LogP contribution is -2.39. The molecule has 1 aromatic heterocycles. The topological polar surface area (TPSA) is 46.3 Å². The molecule has 0 aliphatic heterocycles. The maximum atomic E-state index is 11.9. The lowest BCUT2D eigenvalue weighted by Gasteiger charge is -2.22. The lowest BCUT2D eigenvalue weighted by atomic mass is 10.0. The van der Waals surface area contributed by atoms with Gasteiger partial charge >= 0.3 is 0 Å². The standard InChI is InChI=1S/C11H17ClN2OS/c1-7(8(2)13)11(15)14(3)6-9-4-5-10(12)16-9/h4-5,7-8H,6,13H2,1-3H3. The Bertz CT molecular complexity index is 365. The minimum Gasteiger partial charge on any atom is -0.340 e. The Kier molecular flexibility index (Phi) is 4.77. The molecule has 0 aromatic carbocycles. The van der Waals surface area contributed by atoms with Gasteiger partial charge in [-0.25, -0.2) is 0 Å². The van der Waals surface area contributed by atoms with Crippen LogP contribution in [-0.2, 0) is 11.3 Å². The second-order valence-electron chi connectivity index (χ2n) is 4.05. The van der Waals surface area contributed by atoms with E-state index >= 15 is 0 Å². The first kappa shape index (κ1) is 13.5. The highest BCUT2D eigenvalue weighted by Gasteiger charge is 2.21. The Labute approximate surface area is 105 Å². The number of amides is 1. The van der Waals surface area contributed by atoms with Crippen molar-refractivity contribution in [2.75, 3.05) is 7.05 Å². The van der Waals surface area contributed by atoms with Crippen LogP contribution in [0.5, 0.6) is 0 Å². The number of rotatable bonds is 4. The van der Waals surface area contributed by atoms with Gasteiger partial charge in [-0.3, -0.25) is 4.79 Å². The summed E-state index contributed by atoms with van der Waals surface area (Å²) in [7, 11) is 1.79. The first-order chi connectivity index (χ1) is 7.41. The van der Waals surface area contributed by atoms with Crippen LogP contribution in [0.25, 0.3) is 0 Å². The van der Waals surface area contributed by atoms with Crippen LogP contribution in [0.2, 0.25) is 4.34 Å². The van der Waals surface area contributed by atoms with Crippen molar-refractivity contribution in [3.05, 3.63) is 21.3 Å². The molecule has 90 valence electrons. The summed E-state index contributed by atoms with van der Waals surface area (Å²) in [4.78, 5) is 14.7. The first-order valence-electron chi connectivity index (χ1n) is 5.16. The van der Waals surface area contributed by atoms with E-state index in [1.807, 2.05) is 26.0 Å². The van der Waals surface area contributed by atoms with Gasteiger partial charge in [-0.05, 0) is 19.1 Å². The van der Waals surface area contributed by atoms with Gasteiger partial charge in [-0.15, -0.1) is 11.3 Å². The quantitative estimate of drug-likeness (QED) is 0.903. The molecule has 0 saturated heterocycles. The molecule has 1 rings (SSSR count). The van der Waals surface area contributed by atoms with Crippen LogP contribution in [0.1, 0.15) is 18.7 Å². The molecule has 1 aromatic rings. The van der Waals surface area contributed by atoms with E-state index in [-0.39, 0.29) is 17.9 Å². The van der Waals surface area contributed by atoms with Crippen LogP contribution in [-0.4, -0.2) is 23.9 Å². The molecule has 5 heteroatoms. The molecule has 0 aliphatic rings. The summed E-state index contributed by atoms with van der Waals surface area (Å²) in [6.45, 7) is 4.29. The SMILES string of the molecule is CC(N)C(C)C(=O)N(C)Cc1ccc(Cl)s1. The van der Waals surface area contributed by atoms with Crippen molar-refractivity contribution in [1.82, 2.24) is 4.90 Å². The predicted octanol–water partition coefficient (Wildman–Crippen LogP) is 2.34. The number of carbonyl (C=O) groups excluding carboxylic acids is 1. The van der Waals surface area contributed by atoms with Crippen LogP contribution < -0.4 is 5.73 Å². The second kappa shape index (κ2) is 5.66. The van der Waals surface area contributed by atoms with Gasteiger partial charge in [0.05, 0.1) is 16.8 Å². The average molecular weight is 261 g/mol. The van der Waals surface area contributed by atoms with Gasteiger partial charge in [0.1, 0.15) is 0 Å². The molecule has 16 heavy (non-hydrogen) atoms. The Balaban J connectivity index is 2.58. The summed E-state index contributed by atoms with van der Waals surface area (Å²) in [5.74, 6) is -0.0834. The minimum absolute atomic E-state index is 0.0690. The normalized spacial score (nSPS) is 14.6. The van der Waals surface area contributed by atoms with Crippen molar-refractivity contribution in [1.29, 1.82) is 0 Å². The van der Waals surface area contributed by atoms with E-state index in [1.165, 1.54) is 11.3 Å². The molecule has 1 amide bonds. The fourth-order valence-electron chi connectivity index (χ4n) is 1.32. The number of halogens is 1. The summed E-state index contributed by atoms with van der Waals surface area (Å²) >= 11 is 7.33. The van der Waals surface area contributed by atoms with Gasteiger partial charge in [-0.2, -0.15) is 0 Å². The zero-order chi connectivity index (χ0) is 12.3. The van der Waals surface area contributed by atoms with Crippen molar-refractivity contribution in [3.8, 4) is 0 Å². The highest BCUT2D eigenvalue weighted by atomic mass is 35.5. The molecule has 2 N–H and O–H groups in total. The van der Waals surface area contributed by atoms with Gasteiger partial charge in [0.25, 0.3) is 0 Å². The third-order valence-corrected chi connectivity index (χ3v) is 3.79. The number of thiophene rings is 1. The largest absolute Gasteiger partial charge is 0.340 e. The smallest absolute Gasteiger partial charge is 0.227 e. The minimum atomic E-state index is -0.152. The first-order valence-corrected chi connectivity index (χ1v) is 6.36. The molecular formula is C11H17ClN2OS. The highest BCUT2D eigenvalue weighted by Crippen LogP contribution is 2.22. The number of nitrogens with two attached hydrogens (primary N) is 1. The molecule has 0 saturated carbocycles. The fourth-order valence-corrected chi connectivity index (χ4v) is 2.46. The summed E-state index contributed by atoms with van der Waals surface area (Å²) in [6, 6.07) is 3.66. The van der Waals surface area contributed by atoms with E-state index < -0.39 is 0 Å². The summed E-state index contributed by atoms with van der Waals surface area (Å²) in [5, 5.41) is 0. The Morgan fingerprint density at radius 1 is 1.56 bits per heavy atom. The number of hydrogen-bond acceptors (Lipinski definition) is 3. The summed E-state index contributed by atoms with van der Waals surface area (Å²) in [5.41, 5.74) is 5.71. The molecule has 0 spiro atoms. The molecule has 0 radical (unpaired) electrons. The number of carbonyl (C=O) groups is 1. The van der Waals surface area contributed by atoms with E-state index in [0.717, 1.165) is 9.21 Å². The number of nitrogens with zero attached hydrogens (tertiary/aromatic N) is 1. The Morgan fingerprint density at radius 3 is 2.62 bits per heavy atom. The molecule has 3 nitrogen and oxygen atoms in total. The summed E-state index contributed by atoms with van der Waals surface area (Å²) in [6.07, 6.45) is 0. The van der Waals surface area contributed by atoms with Crippen LogP contribution in [0.3, 0.4) is 0 Å². The van der Waals surface area contributed by atoms with Crippen LogP contribution in [0.15, 0.2) is 12.1 Å². The van der Waals surface area contributed by atoms with Crippen molar-refractivity contribution in [2.24, 2.45) is 11.7 Å². The molecule has 0 bridgehead atoms. The molecule has 2 atom stereocenters. The zero-order valence-corrected chi connectivity index (χ0v) is 11.3. The van der Waals surface area contributed by atoms with Crippen LogP contribution in [0, 0.1) is 5.92 Å². The van der Waals surface area contributed by atoms with Crippen molar-refractivity contribution in [3.63, 3.8) is 0 Å². The Hall–Kier alpha value is -0.580. The molecule has 2 unspecified atom stereocenters. The van der Waals surface area contributed by atoms with Crippen molar-refractivity contribution >= 4 is 28.8 Å². The Morgan fingerprint density at radius 2 is 2.19 bits per heavy atom. The fraction of sp³-hybridized carbons (Fsp3) is 0.545. The van der Waals surface area contributed by atoms with Crippen molar-refractivity contribution < 1.29 is 4.79 Å².